The molecule has 2 fully saturated rings. The van der Waals surface area contributed by atoms with Gasteiger partial charge in [-0.15, -0.1) is 0 Å². The standard InChI is InChI=1S/C14H28N2O2/c15-11-13-3-7-16(8-4-13)12-14(17)5-1-9-18-10-2-6-14/h13,17H,1-12,15H2. The van der Waals surface area contributed by atoms with Crippen molar-refractivity contribution in [3.63, 3.8) is 0 Å². The molecule has 0 aromatic carbocycles. The Bertz CT molecular complexity index is 232. The highest BCUT2D eigenvalue weighted by Crippen LogP contribution is 2.25. The molecule has 0 atom stereocenters. The van der Waals surface area contributed by atoms with Gasteiger partial charge in [-0.25, -0.2) is 0 Å². The first-order valence-corrected chi connectivity index (χ1v) is 7.44. The fourth-order valence-electron chi connectivity index (χ4n) is 3.19. The molecule has 0 aliphatic carbocycles. The molecule has 2 rings (SSSR count). The maximum atomic E-state index is 10.7. The molecule has 0 aromatic heterocycles. The molecule has 0 unspecified atom stereocenters. The van der Waals surface area contributed by atoms with E-state index in [-0.39, 0.29) is 0 Å². The number of nitrogens with zero attached hydrogens (tertiary/aromatic N) is 1. The Labute approximate surface area is 110 Å². The Morgan fingerprint density at radius 2 is 1.78 bits per heavy atom. The Morgan fingerprint density at radius 1 is 1.17 bits per heavy atom. The normalized spacial score (nSPS) is 27.7. The van der Waals surface area contributed by atoms with E-state index < -0.39 is 5.60 Å². The van der Waals surface area contributed by atoms with E-state index >= 15 is 0 Å². The maximum absolute atomic E-state index is 10.7. The van der Waals surface area contributed by atoms with Crippen molar-refractivity contribution in [1.29, 1.82) is 0 Å². The number of hydrogen-bond donors (Lipinski definition) is 2. The predicted octanol–water partition coefficient (Wildman–Crippen LogP) is 0.979. The van der Waals surface area contributed by atoms with Crippen LogP contribution in [-0.2, 0) is 4.74 Å². The molecule has 106 valence electrons. The molecule has 18 heavy (non-hydrogen) atoms. The number of piperidine rings is 1. The summed E-state index contributed by atoms with van der Waals surface area (Å²) in [5.74, 6) is 0.696. The van der Waals surface area contributed by atoms with E-state index in [9.17, 15) is 5.11 Å². The van der Waals surface area contributed by atoms with Crippen molar-refractivity contribution < 1.29 is 9.84 Å². The molecule has 3 N–H and O–H groups in total. The average molecular weight is 256 g/mol. The van der Waals surface area contributed by atoms with Gasteiger partial charge in [0.25, 0.3) is 0 Å². The zero-order valence-electron chi connectivity index (χ0n) is 11.4. The van der Waals surface area contributed by atoms with Crippen LogP contribution in [0.5, 0.6) is 0 Å². The van der Waals surface area contributed by atoms with Gasteiger partial charge in [-0.2, -0.15) is 0 Å². The van der Waals surface area contributed by atoms with Crippen LogP contribution in [0.4, 0.5) is 0 Å². The minimum atomic E-state index is -0.487. The van der Waals surface area contributed by atoms with Crippen molar-refractivity contribution in [3.05, 3.63) is 0 Å². The molecule has 0 saturated carbocycles. The van der Waals surface area contributed by atoms with E-state index in [1.165, 1.54) is 12.8 Å². The second kappa shape index (κ2) is 6.85. The van der Waals surface area contributed by atoms with Crippen molar-refractivity contribution in [2.24, 2.45) is 11.7 Å². The van der Waals surface area contributed by atoms with Crippen LogP contribution in [0.3, 0.4) is 0 Å². The van der Waals surface area contributed by atoms with E-state index in [0.29, 0.717) is 5.92 Å². The molecule has 0 bridgehead atoms. The fraction of sp³-hybridized carbons (Fsp3) is 1.00. The molecule has 0 aromatic rings. The number of aliphatic hydroxyl groups is 1. The minimum absolute atomic E-state index is 0.487. The van der Waals surface area contributed by atoms with Crippen LogP contribution in [0.15, 0.2) is 0 Å². The highest BCUT2D eigenvalue weighted by Gasteiger charge is 2.31. The zero-order valence-corrected chi connectivity index (χ0v) is 11.4. The second-order valence-electron chi connectivity index (χ2n) is 6.00. The number of rotatable bonds is 3. The number of nitrogens with two attached hydrogens (primary N) is 1. The third-order valence-corrected chi connectivity index (χ3v) is 4.42. The fourth-order valence-corrected chi connectivity index (χ4v) is 3.19. The molecular weight excluding hydrogens is 228 g/mol. The molecular formula is C14H28N2O2. The lowest BCUT2D eigenvalue weighted by atomic mass is 9.89. The van der Waals surface area contributed by atoms with Crippen molar-refractivity contribution in [3.8, 4) is 0 Å². The summed E-state index contributed by atoms with van der Waals surface area (Å²) in [6.07, 6.45) is 6.10. The molecule has 0 amide bonds. The third-order valence-electron chi connectivity index (χ3n) is 4.42. The van der Waals surface area contributed by atoms with Gasteiger partial charge in [0, 0.05) is 19.8 Å². The van der Waals surface area contributed by atoms with Gasteiger partial charge in [0.15, 0.2) is 0 Å². The van der Waals surface area contributed by atoms with Gasteiger partial charge in [-0.3, -0.25) is 0 Å². The first-order chi connectivity index (χ1) is 8.72. The number of likely N-dealkylation sites (tertiary alicyclic amines) is 1. The lowest BCUT2D eigenvalue weighted by Gasteiger charge is -2.38. The number of β-amino-alcohol motifs (C(OH)–C–C–N with tert-alkyl or cyclic N) is 1. The third kappa shape index (κ3) is 4.19. The first-order valence-electron chi connectivity index (χ1n) is 7.44. The SMILES string of the molecule is NCC1CCN(CC2(O)CCCOCCC2)CC1. The Hall–Kier alpha value is -0.160. The van der Waals surface area contributed by atoms with Crippen LogP contribution in [0.25, 0.3) is 0 Å². The topological polar surface area (TPSA) is 58.7 Å². The first kappa shape index (κ1) is 14.3. The molecule has 0 radical (unpaired) electrons. The van der Waals surface area contributed by atoms with Crippen LogP contribution in [0.1, 0.15) is 38.5 Å². The van der Waals surface area contributed by atoms with Gasteiger partial charge >= 0.3 is 0 Å². The van der Waals surface area contributed by atoms with E-state index in [2.05, 4.69) is 4.90 Å². The molecule has 2 saturated heterocycles. The van der Waals surface area contributed by atoms with E-state index in [1.54, 1.807) is 0 Å². The smallest absolute Gasteiger partial charge is 0.0775 e. The van der Waals surface area contributed by atoms with Crippen LogP contribution < -0.4 is 5.73 Å². The van der Waals surface area contributed by atoms with Crippen LogP contribution in [-0.4, -0.2) is 55.0 Å². The summed E-state index contributed by atoms with van der Waals surface area (Å²) in [4.78, 5) is 2.43. The Morgan fingerprint density at radius 3 is 2.33 bits per heavy atom. The van der Waals surface area contributed by atoms with Gasteiger partial charge in [0.05, 0.1) is 5.60 Å². The van der Waals surface area contributed by atoms with Crippen molar-refractivity contribution >= 4 is 0 Å². The zero-order chi connectivity index (χ0) is 12.8. The molecule has 4 nitrogen and oxygen atoms in total. The monoisotopic (exact) mass is 256 g/mol. The van der Waals surface area contributed by atoms with Crippen molar-refractivity contribution in [2.75, 3.05) is 39.4 Å². The Kier molecular flexibility index (Phi) is 5.42. The van der Waals surface area contributed by atoms with E-state index in [1.807, 2.05) is 0 Å². The van der Waals surface area contributed by atoms with E-state index in [4.69, 9.17) is 10.5 Å². The summed E-state index contributed by atoms with van der Waals surface area (Å²) in [6.45, 7) is 5.45. The lowest BCUT2D eigenvalue weighted by Crippen LogP contribution is -2.47. The van der Waals surface area contributed by atoms with Gasteiger partial charge in [0.1, 0.15) is 0 Å². The van der Waals surface area contributed by atoms with Crippen LogP contribution in [0, 0.1) is 5.92 Å². The largest absolute Gasteiger partial charge is 0.389 e. The van der Waals surface area contributed by atoms with Crippen molar-refractivity contribution in [2.45, 2.75) is 44.1 Å². The maximum Gasteiger partial charge on any atom is 0.0775 e. The summed E-state index contributed by atoms with van der Waals surface area (Å²) in [6, 6.07) is 0. The summed E-state index contributed by atoms with van der Waals surface area (Å²) in [5.41, 5.74) is 5.23. The Balaban J connectivity index is 1.79. The lowest BCUT2D eigenvalue weighted by molar-refractivity contribution is -0.0416. The highest BCUT2D eigenvalue weighted by molar-refractivity contribution is 4.85. The molecule has 0 spiro atoms. The number of hydrogen-bond acceptors (Lipinski definition) is 4. The molecule has 2 aliphatic heterocycles. The van der Waals surface area contributed by atoms with Gasteiger partial charge in [-0.05, 0) is 64.1 Å². The summed E-state index contributed by atoms with van der Waals surface area (Å²) in [7, 11) is 0. The summed E-state index contributed by atoms with van der Waals surface area (Å²) >= 11 is 0. The molecule has 2 aliphatic rings. The second-order valence-corrected chi connectivity index (χ2v) is 6.00. The molecule has 2 heterocycles. The summed E-state index contributed by atoms with van der Waals surface area (Å²) in [5, 5.41) is 10.7. The minimum Gasteiger partial charge on any atom is -0.389 e. The van der Waals surface area contributed by atoms with Gasteiger partial charge < -0.3 is 20.5 Å². The van der Waals surface area contributed by atoms with Gasteiger partial charge in [0.2, 0.25) is 0 Å². The summed E-state index contributed by atoms with van der Waals surface area (Å²) < 4.78 is 5.45. The highest BCUT2D eigenvalue weighted by atomic mass is 16.5. The van der Waals surface area contributed by atoms with Crippen LogP contribution in [0.2, 0.25) is 0 Å². The number of ether oxygens (including phenoxy) is 1. The predicted molar refractivity (Wildman–Crippen MR) is 72.5 cm³/mol. The quantitative estimate of drug-likeness (QED) is 0.790. The van der Waals surface area contributed by atoms with E-state index in [0.717, 1.165) is 65.1 Å². The molecule has 4 heteroatoms. The van der Waals surface area contributed by atoms with Gasteiger partial charge in [-0.1, -0.05) is 0 Å². The van der Waals surface area contributed by atoms with Crippen LogP contribution >= 0.6 is 0 Å². The van der Waals surface area contributed by atoms with Crippen molar-refractivity contribution in [1.82, 2.24) is 4.90 Å². The average Bonchev–Trinajstić information content (AvgIpc) is 2.36.